The van der Waals surface area contributed by atoms with Crippen molar-refractivity contribution >= 4 is 23.3 Å². The fourth-order valence-electron chi connectivity index (χ4n) is 2.13. The minimum absolute atomic E-state index is 0.160. The Hall–Kier alpha value is -2.18. The standard InChI is InChI=1S/C17H19ClFN3O2/c1-11(14-5-4-13(19)9-15(14)18)22-16-6-3-12(10-21-16)17(23)20-7-8-24-2/h3-6,9-11H,7-8H2,1-2H3,(H,20,23)(H,21,22). The lowest BCUT2D eigenvalue weighted by atomic mass is 10.1. The van der Waals surface area contributed by atoms with Crippen LogP contribution < -0.4 is 10.6 Å². The molecule has 2 aromatic rings. The number of hydrogen-bond acceptors (Lipinski definition) is 4. The van der Waals surface area contributed by atoms with Crippen LogP contribution in [-0.4, -0.2) is 31.2 Å². The van der Waals surface area contributed by atoms with Crippen LogP contribution in [-0.2, 0) is 4.74 Å². The van der Waals surface area contributed by atoms with Gasteiger partial charge in [0, 0.05) is 24.9 Å². The molecule has 5 nitrogen and oxygen atoms in total. The number of anilines is 1. The molecule has 0 bridgehead atoms. The smallest absolute Gasteiger partial charge is 0.252 e. The van der Waals surface area contributed by atoms with Gasteiger partial charge >= 0.3 is 0 Å². The second-order valence-electron chi connectivity index (χ2n) is 5.21. The molecule has 1 aromatic heterocycles. The predicted octanol–water partition coefficient (Wildman–Crippen LogP) is 3.42. The van der Waals surface area contributed by atoms with Crippen LogP contribution in [0.3, 0.4) is 0 Å². The van der Waals surface area contributed by atoms with Gasteiger partial charge in [-0.05, 0) is 36.8 Å². The van der Waals surface area contributed by atoms with Gasteiger partial charge in [-0.25, -0.2) is 9.37 Å². The van der Waals surface area contributed by atoms with Crippen molar-refractivity contribution in [2.45, 2.75) is 13.0 Å². The van der Waals surface area contributed by atoms with Crippen molar-refractivity contribution in [2.75, 3.05) is 25.6 Å². The SMILES string of the molecule is COCCNC(=O)c1ccc(NC(C)c2ccc(F)cc2Cl)nc1. The molecule has 0 aliphatic carbocycles. The van der Waals surface area contributed by atoms with E-state index in [0.717, 1.165) is 5.56 Å². The van der Waals surface area contributed by atoms with Crippen molar-refractivity contribution in [2.24, 2.45) is 0 Å². The van der Waals surface area contributed by atoms with Crippen molar-refractivity contribution in [3.05, 3.63) is 58.5 Å². The highest BCUT2D eigenvalue weighted by Crippen LogP contribution is 2.26. The molecule has 7 heteroatoms. The third-order valence-corrected chi connectivity index (χ3v) is 3.74. The molecule has 0 spiro atoms. The third kappa shape index (κ3) is 4.91. The number of amides is 1. The first-order chi connectivity index (χ1) is 11.5. The van der Waals surface area contributed by atoms with Crippen LogP contribution in [0.4, 0.5) is 10.2 Å². The molecule has 1 heterocycles. The molecule has 0 saturated heterocycles. The lowest BCUT2D eigenvalue weighted by molar-refractivity contribution is 0.0937. The van der Waals surface area contributed by atoms with Gasteiger partial charge in [0.2, 0.25) is 0 Å². The Morgan fingerprint density at radius 3 is 2.79 bits per heavy atom. The number of methoxy groups -OCH3 is 1. The average Bonchev–Trinajstić information content (AvgIpc) is 2.55. The molecule has 2 rings (SSSR count). The Kier molecular flexibility index (Phi) is 6.52. The highest BCUT2D eigenvalue weighted by molar-refractivity contribution is 6.31. The maximum Gasteiger partial charge on any atom is 0.252 e. The summed E-state index contributed by atoms with van der Waals surface area (Å²) in [5.41, 5.74) is 1.23. The van der Waals surface area contributed by atoms with E-state index in [1.54, 1.807) is 25.3 Å². The lowest BCUT2D eigenvalue weighted by Gasteiger charge is -2.16. The second kappa shape index (κ2) is 8.61. The van der Waals surface area contributed by atoms with Gasteiger partial charge in [-0.1, -0.05) is 17.7 Å². The molecule has 0 aliphatic heterocycles. The highest BCUT2D eigenvalue weighted by atomic mass is 35.5. The van der Waals surface area contributed by atoms with Crippen LogP contribution in [0, 0.1) is 5.82 Å². The van der Waals surface area contributed by atoms with Crippen LogP contribution in [0.1, 0.15) is 28.9 Å². The van der Waals surface area contributed by atoms with Crippen molar-refractivity contribution in [3.8, 4) is 0 Å². The first-order valence-corrected chi connectivity index (χ1v) is 7.83. The maximum atomic E-state index is 13.1. The third-order valence-electron chi connectivity index (χ3n) is 3.41. The molecule has 0 fully saturated rings. The zero-order chi connectivity index (χ0) is 17.5. The van der Waals surface area contributed by atoms with E-state index in [1.807, 2.05) is 6.92 Å². The predicted molar refractivity (Wildman–Crippen MR) is 91.9 cm³/mol. The molecular formula is C17H19ClFN3O2. The number of nitrogens with zero attached hydrogens (tertiary/aromatic N) is 1. The summed E-state index contributed by atoms with van der Waals surface area (Å²) in [7, 11) is 1.57. The first kappa shape index (κ1) is 18.2. The van der Waals surface area contributed by atoms with E-state index in [-0.39, 0.29) is 17.8 Å². The molecule has 1 amide bonds. The first-order valence-electron chi connectivity index (χ1n) is 7.46. The summed E-state index contributed by atoms with van der Waals surface area (Å²) in [6, 6.07) is 7.49. The number of carbonyl (C=O) groups excluding carboxylic acids is 1. The summed E-state index contributed by atoms with van der Waals surface area (Å²) in [6.07, 6.45) is 1.49. The Balaban J connectivity index is 1.99. The lowest BCUT2D eigenvalue weighted by Crippen LogP contribution is -2.27. The molecule has 0 saturated carbocycles. The average molecular weight is 352 g/mol. The summed E-state index contributed by atoms with van der Waals surface area (Å²) < 4.78 is 18.0. The van der Waals surface area contributed by atoms with Gasteiger partial charge < -0.3 is 15.4 Å². The Labute approximate surface area is 145 Å². The Bertz CT molecular complexity index is 695. The molecule has 128 valence electrons. The van der Waals surface area contributed by atoms with Crippen molar-refractivity contribution < 1.29 is 13.9 Å². The molecule has 1 atom stereocenters. The number of carbonyl (C=O) groups is 1. The molecule has 0 radical (unpaired) electrons. The normalized spacial score (nSPS) is 11.8. The number of hydrogen-bond donors (Lipinski definition) is 2. The quantitative estimate of drug-likeness (QED) is 0.750. The van der Waals surface area contributed by atoms with E-state index < -0.39 is 0 Å². The summed E-state index contributed by atoms with van der Waals surface area (Å²) in [5, 5.41) is 6.24. The van der Waals surface area contributed by atoms with Gasteiger partial charge in [0.05, 0.1) is 18.2 Å². The fourth-order valence-corrected chi connectivity index (χ4v) is 2.47. The van der Waals surface area contributed by atoms with Gasteiger partial charge in [0.1, 0.15) is 11.6 Å². The van der Waals surface area contributed by atoms with Crippen molar-refractivity contribution in [3.63, 3.8) is 0 Å². The summed E-state index contributed by atoms with van der Waals surface area (Å²) in [6.45, 7) is 2.79. The second-order valence-corrected chi connectivity index (χ2v) is 5.62. The van der Waals surface area contributed by atoms with Crippen LogP contribution in [0.5, 0.6) is 0 Å². The Morgan fingerprint density at radius 2 is 2.17 bits per heavy atom. The maximum absolute atomic E-state index is 13.1. The minimum atomic E-state index is -0.377. The fraction of sp³-hybridized carbons (Fsp3) is 0.294. The Morgan fingerprint density at radius 1 is 1.38 bits per heavy atom. The van der Waals surface area contributed by atoms with Gasteiger partial charge in [-0.2, -0.15) is 0 Å². The monoisotopic (exact) mass is 351 g/mol. The molecule has 2 N–H and O–H groups in total. The number of rotatable bonds is 7. The molecule has 0 aliphatic rings. The zero-order valence-electron chi connectivity index (χ0n) is 13.5. The number of pyridine rings is 1. The van der Waals surface area contributed by atoms with E-state index in [4.69, 9.17) is 16.3 Å². The highest BCUT2D eigenvalue weighted by Gasteiger charge is 2.12. The summed E-state index contributed by atoms with van der Waals surface area (Å²) in [4.78, 5) is 16.1. The minimum Gasteiger partial charge on any atom is -0.383 e. The van der Waals surface area contributed by atoms with E-state index >= 15 is 0 Å². The van der Waals surface area contributed by atoms with Crippen LogP contribution in [0.25, 0.3) is 0 Å². The number of benzene rings is 1. The van der Waals surface area contributed by atoms with Crippen LogP contribution in [0.2, 0.25) is 5.02 Å². The van der Waals surface area contributed by atoms with Gasteiger partial charge in [0.15, 0.2) is 0 Å². The molecule has 1 aromatic carbocycles. The number of nitrogens with one attached hydrogen (secondary N) is 2. The zero-order valence-corrected chi connectivity index (χ0v) is 14.2. The number of halogens is 2. The summed E-state index contributed by atoms with van der Waals surface area (Å²) in [5.74, 6) is 0.00924. The van der Waals surface area contributed by atoms with Crippen molar-refractivity contribution in [1.29, 1.82) is 0 Å². The van der Waals surface area contributed by atoms with Crippen LogP contribution >= 0.6 is 11.6 Å². The number of aromatic nitrogens is 1. The van der Waals surface area contributed by atoms with Gasteiger partial charge in [-0.15, -0.1) is 0 Å². The van der Waals surface area contributed by atoms with E-state index in [2.05, 4.69) is 15.6 Å². The van der Waals surface area contributed by atoms with E-state index in [1.165, 1.54) is 18.3 Å². The molecule has 24 heavy (non-hydrogen) atoms. The van der Waals surface area contributed by atoms with Crippen molar-refractivity contribution in [1.82, 2.24) is 10.3 Å². The number of ether oxygens (including phenoxy) is 1. The largest absolute Gasteiger partial charge is 0.383 e. The van der Waals surface area contributed by atoms with Gasteiger partial charge in [-0.3, -0.25) is 4.79 Å². The molecule has 1 unspecified atom stereocenters. The molecular weight excluding hydrogens is 333 g/mol. The van der Waals surface area contributed by atoms with E-state index in [9.17, 15) is 9.18 Å². The topological polar surface area (TPSA) is 63.2 Å². The van der Waals surface area contributed by atoms with Crippen LogP contribution in [0.15, 0.2) is 36.5 Å². The van der Waals surface area contributed by atoms with Gasteiger partial charge in [0.25, 0.3) is 5.91 Å². The summed E-state index contributed by atoms with van der Waals surface area (Å²) >= 11 is 6.05. The van der Waals surface area contributed by atoms with E-state index in [0.29, 0.717) is 29.6 Å².